The molecular weight excluding hydrogens is 528 g/mol. The molecule has 1 aliphatic rings. The number of nitrogens with zero attached hydrogens (tertiary/aromatic N) is 1. The maximum Gasteiger partial charge on any atom is 0.338 e. The summed E-state index contributed by atoms with van der Waals surface area (Å²) < 4.78 is 11.6. The van der Waals surface area contributed by atoms with E-state index < -0.39 is 23.8 Å². The third-order valence-corrected chi connectivity index (χ3v) is 5.74. The number of rotatable bonds is 7. The topological polar surface area (TPSA) is 102 Å². The highest BCUT2D eigenvalue weighted by atomic mass is 79.9. The van der Waals surface area contributed by atoms with E-state index in [1.165, 1.54) is 30.3 Å². The molecule has 0 unspecified atom stereocenters. The van der Waals surface area contributed by atoms with E-state index in [4.69, 9.17) is 9.47 Å². The Morgan fingerprint density at radius 2 is 1.72 bits per heavy atom. The van der Waals surface area contributed by atoms with Gasteiger partial charge in [-0.3, -0.25) is 14.9 Å². The Labute approximate surface area is 215 Å². The lowest BCUT2D eigenvalue weighted by Gasteiger charge is -2.26. The molecule has 3 aromatic rings. The Kier molecular flexibility index (Phi) is 7.60. The molecule has 1 saturated heterocycles. The lowest BCUT2D eigenvalue weighted by atomic mass is 10.1. The Morgan fingerprint density at radius 1 is 1.00 bits per heavy atom. The molecule has 3 aromatic carbocycles. The molecule has 1 aliphatic heterocycles. The Morgan fingerprint density at radius 3 is 2.42 bits per heavy atom. The van der Waals surface area contributed by atoms with Crippen LogP contribution < -0.4 is 15.0 Å². The van der Waals surface area contributed by atoms with Gasteiger partial charge in [0, 0.05) is 10.0 Å². The van der Waals surface area contributed by atoms with E-state index in [2.05, 4.69) is 21.2 Å². The number of anilines is 1. The van der Waals surface area contributed by atoms with Gasteiger partial charge in [-0.1, -0.05) is 46.3 Å². The third-order valence-electron chi connectivity index (χ3n) is 5.25. The van der Waals surface area contributed by atoms with Gasteiger partial charge >= 0.3 is 12.0 Å². The molecule has 0 saturated carbocycles. The molecule has 182 valence electrons. The zero-order valence-corrected chi connectivity index (χ0v) is 20.8. The minimum Gasteiger partial charge on any atom is -0.488 e. The molecule has 0 radical (unpaired) electrons. The first-order valence-corrected chi connectivity index (χ1v) is 11.8. The first kappa shape index (κ1) is 24.9. The predicted molar refractivity (Wildman–Crippen MR) is 136 cm³/mol. The first-order valence-electron chi connectivity index (χ1n) is 11.0. The fraction of sp³-hybridized carbons (Fsp3) is 0.111. The zero-order valence-electron chi connectivity index (χ0n) is 19.2. The van der Waals surface area contributed by atoms with Crippen molar-refractivity contribution in [2.45, 2.75) is 13.5 Å². The van der Waals surface area contributed by atoms with Gasteiger partial charge in [0.15, 0.2) is 0 Å². The SMILES string of the molecule is CCOC(=O)c1ccc(N2C(=O)NC(=O)/C(=C\c3cc(Br)ccc3OCc3ccccc3)C2=O)cc1. The number of ether oxygens (including phenoxy) is 2. The van der Waals surface area contributed by atoms with Crippen molar-refractivity contribution in [3.63, 3.8) is 0 Å². The smallest absolute Gasteiger partial charge is 0.338 e. The number of halogens is 1. The zero-order chi connectivity index (χ0) is 25.7. The third kappa shape index (κ3) is 5.52. The molecule has 0 aromatic heterocycles. The van der Waals surface area contributed by atoms with Crippen LogP contribution in [0.1, 0.15) is 28.4 Å². The number of imide groups is 2. The van der Waals surface area contributed by atoms with Crippen LogP contribution in [0, 0.1) is 0 Å². The summed E-state index contributed by atoms with van der Waals surface area (Å²) in [5.41, 5.74) is 1.65. The Bertz CT molecular complexity index is 1350. The maximum absolute atomic E-state index is 13.3. The summed E-state index contributed by atoms with van der Waals surface area (Å²) in [5.74, 6) is -1.69. The second-order valence-corrected chi connectivity index (χ2v) is 8.60. The Balaban J connectivity index is 1.63. The number of carbonyl (C=O) groups excluding carboxylic acids is 4. The van der Waals surface area contributed by atoms with Gasteiger partial charge in [-0.05, 0) is 61.0 Å². The maximum atomic E-state index is 13.3. The molecule has 0 bridgehead atoms. The van der Waals surface area contributed by atoms with Crippen molar-refractivity contribution in [1.29, 1.82) is 0 Å². The lowest BCUT2D eigenvalue weighted by Crippen LogP contribution is -2.54. The van der Waals surface area contributed by atoms with Gasteiger partial charge < -0.3 is 9.47 Å². The number of barbiturate groups is 1. The molecule has 0 atom stereocenters. The van der Waals surface area contributed by atoms with E-state index in [0.717, 1.165) is 10.5 Å². The van der Waals surface area contributed by atoms with Crippen molar-refractivity contribution in [2.24, 2.45) is 0 Å². The molecule has 4 rings (SSSR count). The van der Waals surface area contributed by atoms with E-state index in [1.807, 2.05) is 30.3 Å². The standard InChI is InChI=1S/C27H21BrN2O6/c1-2-35-26(33)18-8-11-21(12-9-18)30-25(32)22(24(31)29-27(30)34)15-19-14-20(28)10-13-23(19)36-16-17-6-4-3-5-7-17/h3-15H,2,16H2,1H3,(H,29,31,34)/b22-15+. The number of benzene rings is 3. The van der Waals surface area contributed by atoms with Gasteiger partial charge in [-0.15, -0.1) is 0 Å². The average Bonchev–Trinajstić information content (AvgIpc) is 2.87. The number of carbonyl (C=O) groups is 4. The molecule has 1 fully saturated rings. The van der Waals surface area contributed by atoms with E-state index in [-0.39, 0.29) is 30.0 Å². The number of hydrogen-bond acceptors (Lipinski definition) is 6. The highest BCUT2D eigenvalue weighted by Gasteiger charge is 2.37. The second-order valence-electron chi connectivity index (χ2n) is 7.68. The van der Waals surface area contributed by atoms with E-state index in [1.54, 1.807) is 25.1 Å². The number of nitrogens with one attached hydrogen (secondary N) is 1. The minimum absolute atomic E-state index is 0.193. The summed E-state index contributed by atoms with van der Waals surface area (Å²) in [4.78, 5) is 51.2. The van der Waals surface area contributed by atoms with Crippen LogP contribution in [0.25, 0.3) is 6.08 Å². The van der Waals surface area contributed by atoms with Gasteiger partial charge in [0.05, 0.1) is 17.9 Å². The van der Waals surface area contributed by atoms with Crippen LogP contribution in [0.15, 0.2) is 82.8 Å². The monoisotopic (exact) mass is 548 g/mol. The van der Waals surface area contributed by atoms with Gasteiger partial charge in [0.2, 0.25) is 0 Å². The molecule has 36 heavy (non-hydrogen) atoms. The molecule has 1 heterocycles. The Hall–Kier alpha value is -4.24. The van der Waals surface area contributed by atoms with Crippen LogP contribution in [0.4, 0.5) is 10.5 Å². The summed E-state index contributed by atoms with van der Waals surface area (Å²) in [7, 11) is 0. The summed E-state index contributed by atoms with van der Waals surface area (Å²) >= 11 is 3.40. The first-order chi connectivity index (χ1) is 17.4. The largest absolute Gasteiger partial charge is 0.488 e. The average molecular weight is 549 g/mol. The summed E-state index contributed by atoms with van der Waals surface area (Å²) in [5, 5.41) is 2.19. The molecule has 4 amide bonds. The van der Waals surface area contributed by atoms with Crippen molar-refractivity contribution in [3.05, 3.63) is 99.5 Å². The fourth-order valence-corrected chi connectivity index (χ4v) is 3.89. The van der Waals surface area contributed by atoms with Crippen molar-refractivity contribution < 1.29 is 28.7 Å². The second kappa shape index (κ2) is 11.0. The highest BCUT2D eigenvalue weighted by Crippen LogP contribution is 2.29. The van der Waals surface area contributed by atoms with Crippen LogP contribution in [0.2, 0.25) is 0 Å². The summed E-state index contributed by atoms with van der Waals surface area (Å²) in [6, 6.07) is 19.6. The minimum atomic E-state index is -0.888. The normalized spacial score (nSPS) is 14.6. The van der Waals surface area contributed by atoms with E-state index in [0.29, 0.717) is 15.8 Å². The predicted octanol–water partition coefficient (Wildman–Crippen LogP) is 4.87. The fourth-order valence-electron chi connectivity index (χ4n) is 3.51. The van der Waals surface area contributed by atoms with Gasteiger partial charge in [0.25, 0.3) is 11.8 Å². The molecular formula is C27H21BrN2O6. The van der Waals surface area contributed by atoms with Crippen molar-refractivity contribution >= 4 is 51.5 Å². The number of urea groups is 1. The molecule has 1 N–H and O–H groups in total. The molecule has 9 heteroatoms. The van der Waals surface area contributed by atoms with Crippen LogP contribution in [-0.4, -0.2) is 30.4 Å². The van der Waals surface area contributed by atoms with Crippen molar-refractivity contribution in [2.75, 3.05) is 11.5 Å². The van der Waals surface area contributed by atoms with Crippen molar-refractivity contribution in [1.82, 2.24) is 5.32 Å². The van der Waals surface area contributed by atoms with Gasteiger partial charge in [-0.2, -0.15) is 0 Å². The van der Waals surface area contributed by atoms with Crippen LogP contribution in [0.5, 0.6) is 5.75 Å². The van der Waals surface area contributed by atoms with Gasteiger partial charge in [-0.25, -0.2) is 14.5 Å². The van der Waals surface area contributed by atoms with Gasteiger partial charge in [0.1, 0.15) is 17.9 Å². The molecule has 0 aliphatic carbocycles. The summed E-state index contributed by atoms with van der Waals surface area (Å²) in [6.45, 7) is 2.20. The van der Waals surface area contributed by atoms with Crippen LogP contribution in [0.3, 0.4) is 0 Å². The quantitative estimate of drug-likeness (QED) is 0.256. The highest BCUT2D eigenvalue weighted by molar-refractivity contribution is 9.10. The molecule has 8 nitrogen and oxygen atoms in total. The summed E-state index contributed by atoms with van der Waals surface area (Å²) in [6.07, 6.45) is 1.38. The number of amides is 4. The van der Waals surface area contributed by atoms with E-state index in [9.17, 15) is 19.2 Å². The number of esters is 1. The van der Waals surface area contributed by atoms with Crippen molar-refractivity contribution in [3.8, 4) is 5.75 Å². The molecule has 0 spiro atoms. The lowest BCUT2D eigenvalue weighted by molar-refractivity contribution is -0.122. The number of hydrogen-bond donors (Lipinski definition) is 1. The van der Waals surface area contributed by atoms with E-state index >= 15 is 0 Å². The van der Waals surface area contributed by atoms with Crippen LogP contribution >= 0.6 is 15.9 Å². The van der Waals surface area contributed by atoms with Crippen LogP contribution in [-0.2, 0) is 20.9 Å².